The van der Waals surface area contributed by atoms with E-state index in [0.717, 1.165) is 19.4 Å². The number of hydrogen-bond donors (Lipinski definition) is 1. The van der Waals surface area contributed by atoms with E-state index >= 15 is 0 Å². The topological polar surface area (TPSA) is 36.4 Å². The van der Waals surface area contributed by atoms with E-state index in [2.05, 4.69) is 16.9 Å². The Balaban J connectivity index is 1.94. The van der Waals surface area contributed by atoms with Gasteiger partial charge in [0.05, 0.1) is 6.10 Å². The third-order valence-corrected chi connectivity index (χ3v) is 3.44. The molecule has 2 rings (SSSR count). The summed E-state index contributed by atoms with van der Waals surface area (Å²) in [5.74, 6) is 0. The highest BCUT2D eigenvalue weighted by molar-refractivity contribution is 5.09. The Morgan fingerprint density at radius 1 is 1.31 bits per heavy atom. The molecule has 1 aliphatic rings. The molecule has 1 aliphatic carbocycles. The second-order valence-corrected chi connectivity index (χ2v) is 4.69. The van der Waals surface area contributed by atoms with Crippen LogP contribution in [0.1, 0.15) is 31.2 Å². The molecule has 1 N–H and O–H groups in total. The summed E-state index contributed by atoms with van der Waals surface area (Å²) in [6.45, 7) is 0.893. The molecule has 0 unspecified atom stereocenters. The summed E-state index contributed by atoms with van der Waals surface area (Å²) in [6.07, 6.45) is 7.96. The summed E-state index contributed by atoms with van der Waals surface area (Å²) in [5.41, 5.74) is 1.26. The number of hydrogen-bond acceptors (Lipinski definition) is 3. The highest BCUT2D eigenvalue weighted by Gasteiger charge is 2.26. The van der Waals surface area contributed by atoms with Crippen molar-refractivity contribution in [2.24, 2.45) is 0 Å². The molecule has 1 aromatic rings. The molecular formula is C13H20N2O. The lowest BCUT2D eigenvalue weighted by Crippen LogP contribution is -2.42. The molecule has 3 nitrogen and oxygen atoms in total. The van der Waals surface area contributed by atoms with Gasteiger partial charge in [-0.3, -0.25) is 9.88 Å². The van der Waals surface area contributed by atoms with Crippen LogP contribution in [0.15, 0.2) is 24.5 Å². The Labute approximate surface area is 97.1 Å². The summed E-state index contributed by atoms with van der Waals surface area (Å²) >= 11 is 0. The van der Waals surface area contributed by atoms with E-state index in [1.807, 2.05) is 24.5 Å². The van der Waals surface area contributed by atoms with Crippen molar-refractivity contribution in [3.8, 4) is 0 Å². The first-order valence-corrected chi connectivity index (χ1v) is 6.04. The smallest absolute Gasteiger partial charge is 0.0695 e. The van der Waals surface area contributed by atoms with Crippen molar-refractivity contribution in [2.75, 3.05) is 7.05 Å². The molecule has 2 atom stereocenters. The van der Waals surface area contributed by atoms with E-state index in [4.69, 9.17) is 0 Å². The lowest BCUT2D eigenvalue weighted by Gasteiger charge is -2.35. The van der Waals surface area contributed by atoms with Crippen molar-refractivity contribution in [1.29, 1.82) is 0 Å². The summed E-state index contributed by atoms with van der Waals surface area (Å²) in [5, 5.41) is 9.96. The van der Waals surface area contributed by atoms with Crippen LogP contribution < -0.4 is 0 Å². The first-order valence-electron chi connectivity index (χ1n) is 6.04. The highest BCUT2D eigenvalue weighted by atomic mass is 16.3. The minimum atomic E-state index is -0.152. The molecule has 3 heteroatoms. The highest BCUT2D eigenvalue weighted by Crippen LogP contribution is 2.23. The third kappa shape index (κ3) is 2.80. The van der Waals surface area contributed by atoms with Gasteiger partial charge in [0.15, 0.2) is 0 Å². The van der Waals surface area contributed by atoms with Crippen molar-refractivity contribution >= 4 is 0 Å². The van der Waals surface area contributed by atoms with Crippen LogP contribution in [-0.4, -0.2) is 34.2 Å². The predicted molar refractivity (Wildman–Crippen MR) is 64.0 cm³/mol. The average Bonchev–Trinajstić information content (AvgIpc) is 2.31. The molecule has 0 saturated heterocycles. The van der Waals surface area contributed by atoms with Gasteiger partial charge in [-0.2, -0.15) is 0 Å². The SMILES string of the molecule is CN(Cc1ccncc1)[C@@H]1CCCC[C@H]1O. The number of nitrogens with zero attached hydrogens (tertiary/aromatic N) is 2. The predicted octanol–water partition coefficient (Wildman–Crippen LogP) is 1.82. The Morgan fingerprint density at radius 2 is 2.00 bits per heavy atom. The van der Waals surface area contributed by atoms with Crippen molar-refractivity contribution in [1.82, 2.24) is 9.88 Å². The molecule has 0 bridgehead atoms. The molecule has 16 heavy (non-hydrogen) atoms. The fourth-order valence-electron chi connectivity index (χ4n) is 2.50. The molecule has 1 fully saturated rings. The largest absolute Gasteiger partial charge is 0.391 e. The molecule has 88 valence electrons. The monoisotopic (exact) mass is 220 g/mol. The maximum Gasteiger partial charge on any atom is 0.0695 e. The molecule has 1 aromatic heterocycles. The zero-order chi connectivity index (χ0) is 11.4. The molecule has 0 amide bonds. The molecule has 1 heterocycles. The van der Waals surface area contributed by atoms with E-state index in [-0.39, 0.29) is 6.10 Å². The van der Waals surface area contributed by atoms with Crippen molar-refractivity contribution in [3.05, 3.63) is 30.1 Å². The Kier molecular flexibility index (Phi) is 3.91. The van der Waals surface area contributed by atoms with Crippen LogP contribution in [0.3, 0.4) is 0 Å². The van der Waals surface area contributed by atoms with Gasteiger partial charge in [-0.1, -0.05) is 12.8 Å². The second-order valence-electron chi connectivity index (χ2n) is 4.69. The average molecular weight is 220 g/mol. The molecule has 1 saturated carbocycles. The molecule has 0 spiro atoms. The maximum absolute atomic E-state index is 9.96. The van der Waals surface area contributed by atoms with Crippen LogP contribution in [0.2, 0.25) is 0 Å². The Bertz CT molecular complexity index is 315. The number of likely N-dealkylation sites (N-methyl/N-ethyl adjacent to an activating group) is 1. The van der Waals surface area contributed by atoms with Gasteiger partial charge in [0.1, 0.15) is 0 Å². The fraction of sp³-hybridized carbons (Fsp3) is 0.615. The van der Waals surface area contributed by atoms with Crippen LogP contribution in [0.5, 0.6) is 0 Å². The van der Waals surface area contributed by atoms with Crippen molar-refractivity contribution < 1.29 is 5.11 Å². The van der Waals surface area contributed by atoms with Gasteiger partial charge < -0.3 is 5.11 Å². The lowest BCUT2D eigenvalue weighted by atomic mass is 9.91. The van der Waals surface area contributed by atoms with E-state index in [1.54, 1.807) is 0 Å². The second kappa shape index (κ2) is 5.41. The van der Waals surface area contributed by atoms with Gasteiger partial charge in [-0.25, -0.2) is 0 Å². The maximum atomic E-state index is 9.96. The molecule has 0 radical (unpaired) electrons. The summed E-state index contributed by atoms with van der Waals surface area (Å²) in [4.78, 5) is 6.28. The van der Waals surface area contributed by atoms with Crippen LogP contribution >= 0.6 is 0 Å². The zero-order valence-electron chi connectivity index (χ0n) is 9.84. The minimum absolute atomic E-state index is 0.152. The number of pyridine rings is 1. The standard InChI is InChI=1S/C13H20N2O/c1-15(10-11-6-8-14-9-7-11)12-4-2-3-5-13(12)16/h6-9,12-13,16H,2-5,10H2,1H3/t12-,13-/m1/s1. The van der Waals surface area contributed by atoms with Crippen molar-refractivity contribution in [3.63, 3.8) is 0 Å². The van der Waals surface area contributed by atoms with Crippen molar-refractivity contribution in [2.45, 2.75) is 44.4 Å². The normalized spacial score (nSPS) is 25.9. The molecule has 0 aromatic carbocycles. The fourth-order valence-corrected chi connectivity index (χ4v) is 2.50. The first-order chi connectivity index (χ1) is 7.77. The number of aromatic nitrogens is 1. The summed E-state index contributed by atoms with van der Waals surface area (Å²) < 4.78 is 0. The van der Waals surface area contributed by atoms with Gasteiger partial charge in [0, 0.05) is 25.0 Å². The van der Waals surface area contributed by atoms with E-state index in [0.29, 0.717) is 6.04 Å². The Morgan fingerprint density at radius 3 is 2.69 bits per heavy atom. The summed E-state index contributed by atoms with van der Waals surface area (Å²) in [7, 11) is 2.10. The van der Waals surface area contributed by atoms with Crippen LogP contribution in [-0.2, 0) is 6.54 Å². The van der Waals surface area contributed by atoms with Gasteiger partial charge >= 0.3 is 0 Å². The van der Waals surface area contributed by atoms with Crippen LogP contribution in [0, 0.1) is 0 Å². The zero-order valence-corrected chi connectivity index (χ0v) is 9.84. The summed E-state index contributed by atoms with van der Waals surface area (Å²) in [6, 6.07) is 4.39. The molecule has 0 aliphatic heterocycles. The quantitative estimate of drug-likeness (QED) is 0.844. The van der Waals surface area contributed by atoms with E-state index < -0.39 is 0 Å². The number of aliphatic hydroxyl groups is 1. The number of rotatable bonds is 3. The minimum Gasteiger partial charge on any atom is -0.391 e. The van der Waals surface area contributed by atoms with Gasteiger partial charge in [0.25, 0.3) is 0 Å². The van der Waals surface area contributed by atoms with E-state index in [1.165, 1.54) is 18.4 Å². The molecular weight excluding hydrogens is 200 g/mol. The lowest BCUT2D eigenvalue weighted by molar-refractivity contribution is 0.0288. The van der Waals surface area contributed by atoms with Crippen LogP contribution in [0.4, 0.5) is 0 Å². The third-order valence-electron chi connectivity index (χ3n) is 3.44. The van der Waals surface area contributed by atoms with Gasteiger partial charge in [-0.15, -0.1) is 0 Å². The van der Waals surface area contributed by atoms with Gasteiger partial charge in [-0.05, 0) is 37.6 Å². The Hall–Kier alpha value is -0.930. The van der Waals surface area contributed by atoms with E-state index in [9.17, 15) is 5.11 Å². The number of aliphatic hydroxyl groups excluding tert-OH is 1. The van der Waals surface area contributed by atoms with Gasteiger partial charge in [0.2, 0.25) is 0 Å². The first kappa shape index (κ1) is 11.6. The van der Waals surface area contributed by atoms with Crippen LogP contribution in [0.25, 0.3) is 0 Å².